The van der Waals surface area contributed by atoms with E-state index < -0.39 is 0 Å². The van der Waals surface area contributed by atoms with Crippen LogP contribution in [0.1, 0.15) is 37.4 Å². The van der Waals surface area contributed by atoms with Gasteiger partial charge in [-0.1, -0.05) is 30.3 Å². The molecule has 2 aromatic carbocycles. The first-order chi connectivity index (χ1) is 15.5. The van der Waals surface area contributed by atoms with Gasteiger partial charge in [0.05, 0.1) is 14.2 Å². The molecule has 1 aliphatic carbocycles. The third-order valence-electron chi connectivity index (χ3n) is 5.59. The average molecular weight is 509 g/mol. The number of rotatable bonds is 6. The predicted octanol–water partition coefficient (Wildman–Crippen LogP) is 0.226. The summed E-state index contributed by atoms with van der Waals surface area (Å²) in [6.45, 7) is 0.644. The molecule has 1 aromatic heterocycles. The number of nitrogens with one attached hydrogen (secondary N) is 1. The van der Waals surface area contributed by atoms with Crippen LogP contribution in [0.4, 0.5) is 0 Å². The van der Waals surface area contributed by atoms with Gasteiger partial charge in [-0.3, -0.25) is 9.59 Å². The predicted molar refractivity (Wildman–Crippen MR) is 121 cm³/mol. The summed E-state index contributed by atoms with van der Waals surface area (Å²) >= 11 is 0. The van der Waals surface area contributed by atoms with Crippen molar-refractivity contribution in [2.24, 2.45) is 0 Å². The Morgan fingerprint density at radius 1 is 1.09 bits per heavy atom. The first-order valence-electron chi connectivity index (χ1n) is 10.3. The fourth-order valence-electron chi connectivity index (χ4n) is 3.93. The van der Waals surface area contributed by atoms with Gasteiger partial charge in [0.25, 0.3) is 5.91 Å². The molecule has 4 rings (SSSR count). The average Bonchev–Trinajstić information content (AvgIpc) is 3.13. The van der Waals surface area contributed by atoms with E-state index in [1.807, 2.05) is 59.4 Å². The topological polar surface area (TPSA) is 68.5 Å². The summed E-state index contributed by atoms with van der Waals surface area (Å²) in [5.74, 6) is 0.844. The number of nitrogens with zero attached hydrogens (tertiary/aromatic N) is 1. The van der Waals surface area contributed by atoms with Gasteiger partial charge < -0.3 is 31.8 Å². The fraction of sp³-hybridized carbons (Fsp3) is 0.192. The Morgan fingerprint density at radius 3 is 2.45 bits per heavy atom. The minimum atomic E-state index is -0.203. The van der Waals surface area contributed by atoms with E-state index in [-0.39, 0.29) is 28.7 Å². The molecule has 0 saturated heterocycles. The lowest BCUT2D eigenvalue weighted by atomic mass is 10.0. The molecule has 1 heterocycles. The maximum absolute atomic E-state index is 13.1. The second-order valence-electron chi connectivity index (χ2n) is 7.59. The number of halogens is 1. The molecule has 33 heavy (non-hydrogen) atoms. The number of carbonyl (C=O) groups is 2. The Hall–Kier alpha value is -3.45. The number of ketones is 1. The van der Waals surface area contributed by atoms with Crippen LogP contribution in [0.5, 0.6) is 11.5 Å². The maximum Gasteiger partial charge on any atom is 0.257 e. The molecule has 170 valence electrons. The Labute approximate surface area is 203 Å². The van der Waals surface area contributed by atoms with E-state index in [9.17, 15) is 9.59 Å². The van der Waals surface area contributed by atoms with Crippen molar-refractivity contribution in [3.05, 3.63) is 94.3 Å². The van der Waals surface area contributed by atoms with Gasteiger partial charge in [-0.05, 0) is 29.3 Å². The van der Waals surface area contributed by atoms with Crippen LogP contribution >= 0.6 is 0 Å². The third kappa shape index (κ3) is 4.98. The number of carbonyl (C=O) groups excluding carboxylic acids is 2. The number of amides is 1. The number of hydrogen-bond acceptors (Lipinski definition) is 4. The summed E-state index contributed by atoms with van der Waals surface area (Å²) in [5.41, 5.74) is 4.46. The quantitative estimate of drug-likeness (QED) is 0.382. The van der Waals surface area contributed by atoms with Crippen molar-refractivity contribution >= 4 is 17.8 Å². The molecule has 0 fully saturated rings. The zero-order chi connectivity index (χ0) is 22.7. The summed E-state index contributed by atoms with van der Waals surface area (Å²) in [5, 5.41) is 2.70. The Balaban J connectivity index is 0.00000306. The smallest absolute Gasteiger partial charge is 0.257 e. The second kappa shape index (κ2) is 10.4. The summed E-state index contributed by atoms with van der Waals surface area (Å²) < 4.78 is 12.7. The molecule has 0 radical (unpaired) electrons. The lowest BCUT2D eigenvalue weighted by molar-refractivity contribution is -0.688. The number of allylic oxidation sites excluding steroid dienone is 1. The normalized spacial score (nSPS) is 13.3. The molecule has 6 nitrogen and oxygen atoms in total. The number of benzene rings is 2. The highest BCUT2D eigenvalue weighted by Gasteiger charge is 2.28. The number of fused-ring (bicyclic) bond motifs is 1. The summed E-state index contributed by atoms with van der Waals surface area (Å²) in [4.78, 5) is 25.7. The highest BCUT2D eigenvalue weighted by Crippen LogP contribution is 2.37. The van der Waals surface area contributed by atoms with Crippen LogP contribution < -0.4 is 36.3 Å². The molecule has 0 unspecified atom stereocenters. The van der Waals surface area contributed by atoms with Crippen LogP contribution in [-0.2, 0) is 13.0 Å². The summed E-state index contributed by atoms with van der Waals surface area (Å²) in [7, 11) is 4.72. The molecular weight excluding hydrogens is 484 g/mol. The van der Waals surface area contributed by atoms with E-state index in [4.69, 9.17) is 9.47 Å². The van der Waals surface area contributed by atoms with Gasteiger partial charge >= 0.3 is 0 Å². The highest BCUT2D eigenvalue weighted by atomic mass is 79.9. The van der Waals surface area contributed by atoms with Gasteiger partial charge in [0.1, 0.15) is 5.56 Å². The molecule has 0 atom stereocenters. The van der Waals surface area contributed by atoms with Crippen molar-refractivity contribution in [2.45, 2.75) is 13.0 Å². The van der Waals surface area contributed by atoms with Gasteiger partial charge in [-0.25, -0.2) is 0 Å². The van der Waals surface area contributed by atoms with Crippen LogP contribution in [0, 0.1) is 0 Å². The first kappa shape index (κ1) is 24.2. The largest absolute Gasteiger partial charge is 1.00 e. The standard InChI is InChI=1S/C26H24N2O4.BrH/c1-27-26(30)22-16-28(15-17-7-5-4-6-8-17)10-9-18(22)11-20-12-19-13-23(31-2)24(32-3)14-21(19)25(20)29;/h4-11,13-14,16H,12,15H2,1-3H3;1H/b20-11+;. The molecule has 0 spiro atoms. The van der Waals surface area contributed by atoms with Crippen molar-refractivity contribution in [3.8, 4) is 11.5 Å². The molecule has 0 saturated carbocycles. The molecule has 0 aliphatic heterocycles. The van der Waals surface area contributed by atoms with Gasteiger partial charge in [0, 0.05) is 36.2 Å². The molecule has 1 amide bonds. The van der Waals surface area contributed by atoms with E-state index in [2.05, 4.69) is 5.32 Å². The summed E-state index contributed by atoms with van der Waals surface area (Å²) in [6, 6.07) is 15.5. The van der Waals surface area contributed by atoms with Crippen molar-refractivity contribution in [3.63, 3.8) is 0 Å². The summed E-state index contributed by atoms with van der Waals surface area (Å²) in [6.07, 6.45) is 6.01. The number of hydrogen-bond donors (Lipinski definition) is 1. The Morgan fingerprint density at radius 2 is 1.79 bits per heavy atom. The number of aromatic nitrogens is 1. The Bertz CT molecular complexity index is 1220. The molecule has 3 aromatic rings. The zero-order valence-electron chi connectivity index (χ0n) is 18.7. The third-order valence-corrected chi connectivity index (χ3v) is 5.59. The second-order valence-corrected chi connectivity index (χ2v) is 7.59. The van der Waals surface area contributed by atoms with Crippen LogP contribution in [0.15, 0.2) is 66.5 Å². The molecule has 0 bridgehead atoms. The number of pyridine rings is 1. The van der Waals surface area contributed by atoms with E-state index in [1.165, 1.54) is 0 Å². The molecule has 1 N–H and O–H groups in total. The Kier molecular flexibility index (Phi) is 7.66. The van der Waals surface area contributed by atoms with Gasteiger partial charge in [0.15, 0.2) is 36.2 Å². The van der Waals surface area contributed by atoms with Gasteiger partial charge in [-0.15, -0.1) is 0 Å². The van der Waals surface area contributed by atoms with Crippen LogP contribution in [0.25, 0.3) is 6.08 Å². The number of methoxy groups -OCH3 is 2. The van der Waals surface area contributed by atoms with Crippen LogP contribution in [0.2, 0.25) is 0 Å². The van der Waals surface area contributed by atoms with Crippen LogP contribution in [-0.4, -0.2) is 33.0 Å². The highest BCUT2D eigenvalue weighted by molar-refractivity contribution is 6.16. The van der Waals surface area contributed by atoms with Crippen molar-refractivity contribution in [1.29, 1.82) is 0 Å². The zero-order valence-corrected chi connectivity index (χ0v) is 20.3. The van der Waals surface area contributed by atoms with Crippen LogP contribution in [0.3, 0.4) is 0 Å². The SMILES string of the molecule is CNC(=O)c1c[n+](Cc2ccccc2)ccc1/C=C1\Cc2cc(OC)c(OC)cc2C1=O.[Br-]. The molecule has 7 heteroatoms. The van der Waals surface area contributed by atoms with Crippen molar-refractivity contribution < 1.29 is 40.6 Å². The number of ether oxygens (including phenoxy) is 2. The van der Waals surface area contributed by atoms with E-state index in [0.717, 1.165) is 11.1 Å². The minimum Gasteiger partial charge on any atom is -1.00 e. The lowest BCUT2D eigenvalue weighted by Gasteiger charge is -2.08. The van der Waals surface area contributed by atoms with Crippen molar-refractivity contribution in [2.75, 3.05) is 21.3 Å². The fourth-order valence-corrected chi connectivity index (χ4v) is 3.93. The minimum absolute atomic E-state index is 0. The first-order valence-corrected chi connectivity index (χ1v) is 10.3. The van der Waals surface area contributed by atoms with E-state index >= 15 is 0 Å². The van der Waals surface area contributed by atoms with Gasteiger partial charge in [0.2, 0.25) is 0 Å². The maximum atomic E-state index is 13.1. The lowest BCUT2D eigenvalue weighted by Crippen LogP contribution is -3.00. The molecular formula is C26H25BrN2O4. The van der Waals surface area contributed by atoms with Crippen molar-refractivity contribution in [1.82, 2.24) is 5.32 Å². The monoisotopic (exact) mass is 508 g/mol. The van der Waals surface area contributed by atoms with E-state index in [0.29, 0.717) is 46.7 Å². The number of Topliss-reactive ketones (excluding diaryl/α,β-unsaturated/α-hetero) is 1. The molecule has 1 aliphatic rings. The van der Waals surface area contributed by atoms with E-state index in [1.54, 1.807) is 33.4 Å². The van der Waals surface area contributed by atoms with Gasteiger partial charge in [-0.2, -0.15) is 4.57 Å².